The molecule has 0 atom stereocenters. The summed E-state index contributed by atoms with van der Waals surface area (Å²) >= 11 is 0. The molecule has 3 nitrogen and oxygen atoms in total. The highest BCUT2D eigenvalue weighted by atomic mass is 16.3. The average Bonchev–Trinajstić information content (AvgIpc) is 2.96. The molecule has 1 aromatic rings. The molecule has 0 saturated heterocycles. The number of nitrogens with two attached hydrogens (primary N) is 1. The molecule has 0 spiro atoms. The van der Waals surface area contributed by atoms with Gasteiger partial charge in [0.05, 0.1) is 19.4 Å². The van der Waals surface area contributed by atoms with Gasteiger partial charge in [-0.3, -0.25) is 4.90 Å². The van der Waals surface area contributed by atoms with E-state index in [2.05, 4.69) is 10.8 Å². The molecule has 0 aliphatic heterocycles. The molecule has 86 valence electrons. The number of hydrogen-bond acceptors (Lipinski definition) is 3. The van der Waals surface area contributed by atoms with E-state index in [1.165, 1.54) is 12.8 Å². The topological polar surface area (TPSA) is 42.4 Å². The fourth-order valence-electron chi connectivity index (χ4n) is 1.87. The molecule has 1 aliphatic rings. The predicted molar refractivity (Wildman–Crippen MR) is 63.4 cm³/mol. The van der Waals surface area contributed by atoms with Crippen molar-refractivity contribution >= 4 is 0 Å². The molecule has 2 rings (SSSR count). The summed E-state index contributed by atoms with van der Waals surface area (Å²) in [5.41, 5.74) is 6.72. The van der Waals surface area contributed by atoms with Crippen molar-refractivity contribution in [2.45, 2.75) is 25.9 Å². The van der Waals surface area contributed by atoms with Crippen molar-refractivity contribution in [3.63, 3.8) is 0 Å². The van der Waals surface area contributed by atoms with Gasteiger partial charge < -0.3 is 10.2 Å². The minimum atomic E-state index is 0.527. The molecule has 2 N–H and O–H groups in total. The van der Waals surface area contributed by atoms with Crippen LogP contribution in [0, 0.1) is 18.3 Å². The fourth-order valence-corrected chi connectivity index (χ4v) is 1.87. The Morgan fingerprint density at radius 3 is 3.00 bits per heavy atom. The third-order valence-electron chi connectivity index (χ3n) is 2.95. The van der Waals surface area contributed by atoms with Crippen molar-refractivity contribution in [2.75, 3.05) is 13.1 Å². The molecule has 1 aliphatic carbocycles. The van der Waals surface area contributed by atoms with Crippen LogP contribution in [0.3, 0.4) is 0 Å². The van der Waals surface area contributed by atoms with E-state index in [0.29, 0.717) is 13.1 Å². The summed E-state index contributed by atoms with van der Waals surface area (Å²) in [5.74, 6) is 4.50. The Balaban J connectivity index is 1.95. The molecule has 0 amide bonds. The van der Waals surface area contributed by atoms with Crippen molar-refractivity contribution < 1.29 is 4.42 Å². The van der Waals surface area contributed by atoms with Gasteiger partial charge in [0.15, 0.2) is 0 Å². The standard InChI is InChI=1S/C13H18N2O/c1-2-6-15(9-11-3-4-11)10-13-12(8-14)5-7-16-13/h1,5,7,11H,3-4,6,8-10,14H2. The van der Waals surface area contributed by atoms with Gasteiger partial charge in [0.25, 0.3) is 0 Å². The smallest absolute Gasteiger partial charge is 0.122 e. The summed E-state index contributed by atoms with van der Waals surface area (Å²) in [6.45, 7) is 3.06. The molecule has 16 heavy (non-hydrogen) atoms. The third-order valence-corrected chi connectivity index (χ3v) is 2.95. The highest BCUT2D eigenvalue weighted by molar-refractivity contribution is 5.16. The Morgan fingerprint density at radius 2 is 2.38 bits per heavy atom. The van der Waals surface area contributed by atoms with Gasteiger partial charge in [0, 0.05) is 18.7 Å². The fraction of sp³-hybridized carbons (Fsp3) is 0.538. The van der Waals surface area contributed by atoms with Crippen LogP contribution in [0.4, 0.5) is 0 Å². The molecule has 0 aromatic carbocycles. The number of hydrogen-bond donors (Lipinski definition) is 1. The van der Waals surface area contributed by atoms with Crippen LogP contribution < -0.4 is 5.73 Å². The zero-order valence-corrected chi connectivity index (χ0v) is 9.48. The van der Waals surface area contributed by atoms with Crippen LogP contribution in [0.25, 0.3) is 0 Å². The van der Waals surface area contributed by atoms with Crippen LogP contribution in [0.2, 0.25) is 0 Å². The maximum atomic E-state index is 5.64. The second-order valence-corrected chi connectivity index (χ2v) is 4.39. The van der Waals surface area contributed by atoms with Crippen molar-refractivity contribution in [3.05, 3.63) is 23.7 Å². The van der Waals surface area contributed by atoms with Crippen LogP contribution in [0.5, 0.6) is 0 Å². The Kier molecular flexibility index (Phi) is 3.66. The maximum Gasteiger partial charge on any atom is 0.122 e. The lowest BCUT2D eigenvalue weighted by molar-refractivity contribution is 0.260. The van der Waals surface area contributed by atoms with Crippen LogP contribution in [-0.4, -0.2) is 18.0 Å². The van der Waals surface area contributed by atoms with Crippen LogP contribution in [-0.2, 0) is 13.1 Å². The van der Waals surface area contributed by atoms with Gasteiger partial charge in [-0.15, -0.1) is 6.42 Å². The van der Waals surface area contributed by atoms with Crippen molar-refractivity contribution in [3.8, 4) is 12.3 Å². The lowest BCUT2D eigenvalue weighted by atomic mass is 10.2. The van der Waals surface area contributed by atoms with Crippen LogP contribution in [0.1, 0.15) is 24.2 Å². The first-order valence-electron chi connectivity index (χ1n) is 5.74. The SMILES string of the molecule is C#CCN(Cc1occc1CN)CC1CC1. The molecular weight excluding hydrogens is 200 g/mol. The maximum absolute atomic E-state index is 5.64. The third kappa shape index (κ3) is 2.88. The highest BCUT2D eigenvalue weighted by Crippen LogP contribution is 2.30. The van der Waals surface area contributed by atoms with E-state index in [-0.39, 0.29) is 0 Å². The molecule has 1 heterocycles. The lowest BCUT2D eigenvalue weighted by Gasteiger charge is -2.18. The number of furan rings is 1. The Bertz CT molecular complexity index is 374. The summed E-state index contributed by atoms with van der Waals surface area (Å²) in [6.07, 6.45) is 9.75. The van der Waals surface area contributed by atoms with E-state index in [1.807, 2.05) is 6.07 Å². The Hall–Kier alpha value is -1.24. The van der Waals surface area contributed by atoms with Crippen molar-refractivity contribution in [1.29, 1.82) is 0 Å². The summed E-state index contributed by atoms with van der Waals surface area (Å²) in [4.78, 5) is 2.26. The highest BCUT2D eigenvalue weighted by Gasteiger charge is 2.24. The summed E-state index contributed by atoms with van der Waals surface area (Å²) in [5, 5.41) is 0. The van der Waals surface area contributed by atoms with Crippen molar-refractivity contribution in [2.24, 2.45) is 11.7 Å². The minimum absolute atomic E-state index is 0.527. The molecule has 0 unspecified atom stereocenters. The average molecular weight is 218 g/mol. The van der Waals surface area contributed by atoms with E-state index >= 15 is 0 Å². The Labute approximate surface area is 96.6 Å². The molecule has 1 aromatic heterocycles. The molecule has 1 fully saturated rings. The Morgan fingerprint density at radius 1 is 1.56 bits per heavy atom. The number of rotatable bonds is 6. The molecule has 3 heteroatoms. The second-order valence-electron chi connectivity index (χ2n) is 4.39. The van der Waals surface area contributed by atoms with Gasteiger partial charge in [-0.05, 0) is 24.8 Å². The van der Waals surface area contributed by atoms with Gasteiger partial charge in [-0.2, -0.15) is 0 Å². The first-order valence-corrected chi connectivity index (χ1v) is 5.74. The number of terminal acetylenes is 1. The lowest BCUT2D eigenvalue weighted by Crippen LogP contribution is -2.26. The first kappa shape index (κ1) is 11.3. The van der Waals surface area contributed by atoms with Gasteiger partial charge >= 0.3 is 0 Å². The first-order chi connectivity index (χ1) is 7.83. The van der Waals surface area contributed by atoms with E-state index in [9.17, 15) is 0 Å². The molecule has 1 saturated carbocycles. The zero-order valence-electron chi connectivity index (χ0n) is 9.48. The van der Waals surface area contributed by atoms with Gasteiger partial charge in [-0.1, -0.05) is 5.92 Å². The largest absolute Gasteiger partial charge is 0.468 e. The molecule has 0 bridgehead atoms. The van der Waals surface area contributed by atoms with E-state index in [0.717, 1.165) is 30.3 Å². The molecule has 0 radical (unpaired) electrons. The normalized spacial score (nSPS) is 15.3. The second kappa shape index (κ2) is 5.20. The van der Waals surface area contributed by atoms with Crippen molar-refractivity contribution in [1.82, 2.24) is 4.90 Å². The van der Waals surface area contributed by atoms with E-state index in [4.69, 9.17) is 16.6 Å². The number of nitrogens with zero attached hydrogens (tertiary/aromatic N) is 1. The van der Waals surface area contributed by atoms with Crippen LogP contribution in [0.15, 0.2) is 16.7 Å². The summed E-state index contributed by atoms with van der Waals surface area (Å²) in [7, 11) is 0. The van der Waals surface area contributed by atoms with Crippen LogP contribution >= 0.6 is 0 Å². The minimum Gasteiger partial charge on any atom is -0.468 e. The van der Waals surface area contributed by atoms with E-state index < -0.39 is 0 Å². The monoisotopic (exact) mass is 218 g/mol. The zero-order chi connectivity index (χ0) is 11.4. The summed E-state index contributed by atoms with van der Waals surface area (Å²) < 4.78 is 5.44. The quantitative estimate of drug-likeness (QED) is 0.737. The summed E-state index contributed by atoms with van der Waals surface area (Å²) in [6, 6.07) is 1.93. The van der Waals surface area contributed by atoms with Gasteiger partial charge in [0.1, 0.15) is 5.76 Å². The van der Waals surface area contributed by atoms with Gasteiger partial charge in [0.2, 0.25) is 0 Å². The molecular formula is C13H18N2O. The van der Waals surface area contributed by atoms with E-state index in [1.54, 1.807) is 6.26 Å². The predicted octanol–water partition coefficient (Wildman–Crippen LogP) is 1.58. The van der Waals surface area contributed by atoms with Gasteiger partial charge in [-0.25, -0.2) is 0 Å².